The number of carbonyl (C=O) groups excluding carboxylic acids is 1. The van der Waals surface area contributed by atoms with E-state index in [4.69, 9.17) is 11.6 Å². The number of likely N-dealkylation sites (tertiary alicyclic amines) is 1. The molecule has 4 heteroatoms. The Kier molecular flexibility index (Phi) is 5.08. The van der Waals surface area contributed by atoms with Crippen LogP contribution in [0.3, 0.4) is 0 Å². The molecule has 1 aromatic carbocycles. The molecule has 19 heavy (non-hydrogen) atoms. The molecule has 0 bridgehead atoms. The van der Waals surface area contributed by atoms with E-state index >= 15 is 0 Å². The van der Waals surface area contributed by atoms with Gasteiger partial charge in [-0.25, -0.2) is 4.79 Å². The minimum Gasteiger partial charge on any atom is -0.331 e. The first-order valence-corrected chi connectivity index (χ1v) is 7.35. The Morgan fingerprint density at radius 1 is 1.16 bits per heavy atom. The lowest BCUT2D eigenvalue weighted by molar-refractivity contribution is 0.196. The van der Waals surface area contributed by atoms with Crippen LogP contribution in [0.15, 0.2) is 24.3 Å². The summed E-state index contributed by atoms with van der Waals surface area (Å²) in [7, 11) is 0. The molecule has 0 aromatic heterocycles. The molecule has 0 saturated carbocycles. The number of benzene rings is 1. The maximum absolute atomic E-state index is 12.2. The first-order valence-electron chi connectivity index (χ1n) is 6.98. The Labute approximate surface area is 119 Å². The summed E-state index contributed by atoms with van der Waals surface area (Å²) in [5, 5.41) is 3.77. The number of amides is 2. The van der Waals surface area contributed by atoms with E-state index in [1.807, 2.05) is 36.1 Å². The predicted octanol–water partition coefficient (Wildman–Crippen LogP) is 3.99. The first-order chi connectivity index (χ1) is 9.16. The van der Waals surface area contributed by atoms with Crippen LogP contribution in [0.4, 0.5) is 4.79 Å². The molecule has 1 saturated heterocycles. The fourth-order valence-electron chi connectivity index (χ4n) is 2.39. The summed E-state index contributed by atoms with van der Waals surface area (Å²) in [4.78, 5) is 14.1. The molecule has 1 aliphatic rings. The van der Waals surface area contributed by atoms with Crippen molar-refractivity contribution in [3.8, 4) is 0 Å². The molecule has 0 aliphatic carbocycles. The van der Waals surface area contributed by atoms with Crippen molar-refractivity contribution in [2.24, 2.45) is 0 Å². The summed E-state index contributed by atoms with van der Waals surface area (Å²) in [5.41, 5.74) is 1.08. The monoisotopic (exact) mass is 280 g/mol. The highest BCUT2D eigenvalue weighted by atomic mass is 35.5. The zero-order chi connectivity index (χ0) is 13.7. The van der Waals surface area contributed by atoms with Gasteiger partial charge >= 0.3 is 6.03 Å². The van der Waals surface area contributed by atoms with Crippen LogP contribution in [0.25, 0.3) is 0 Å². The number of nitrogens with zero attached hydrogens (tertiary/aromatic N) is 1. The minimum atomic E-state index is 0.00743. The van der Waals surface area contributed by atoms with Gasteiger partial charge in [0.15, 0.2) is 0 Å². The van der Waals surface area contributed by atoms with Crippen LogP contribution < -0.4 is 5.32 Å². The molecule has 1 aliphatic heterocycles. The van der Waals surface area contributed by atoms with Gasteiger partial charge < -0.3 is 10.2 Å². The second kappa shape index (κ2) is 6.80. The van der Waals surface area contributed by atoms with E-state index in [0.717, 1.165) is 36.5 Å². The normalized spacial score (nSPS) is 17.7. The summed E-state index contributed by atoms with van der Waals surface area (Å²) < 4.78 is 0. The van der Waals surface area contributed by atoms with Crippen molar-refractivity contribution >= 4 is 17.6 Å². The Morgan fingerprint density at radius 2 is 1.74 bits per heavy atom. The number of urea groups is 1. The molecule has 1 N–H and O–H groups in total. The number of nitrogens with one attached hydrogen (secondary N) is 1. The number of carbonyl (C=O) groups is 1. The number of hydrogen-bond donors (Lipinski definition) is 1. The molecule has 1 atom stereocenters. The van der Waals surface area contributed by atoms with E-state index in [1.165, 1.54) is 12.8 Å². The molecule has 1 fully saturated rings. The third-order valence-corrected chi connectivity index (χ3v) is 3.86. The van der Waals surface area contributed by atoms with Gasteiger partial charge in [0.2, 0.25) is 0 Å². The van der Waals surface area contributed by atoms with E-state index in [0.29, 0.717) is 0 Å². The van der Waals surface area contributed by atoms with Crippen LogP contribution in [0.2, 0.25) is 5.02 Å². The smallest absolute Gasteiger partial charge is 0.317 e. The highest BCUT2D eigenvalue weighted by molar-refractivity contribution is 6.30. The number of halogens is 1. The fourth-order valence-corrected chi connectivity index (χ4v) is 2.51. The average Bonchev–Trinajstić information content (AvgIpc) is 2.68. The van der Waals surface area contributed by atoms with Crippen molar-refractivity contribution in [2.75, 3.05) is 13.1 Å². The SMILES string of the molecule is CC(NC(=O)N1CCCCCC1)c1ccc(Cl)cc1. The maximum atomic E-state index is 12.2. The quantitative estimate of drug-likeness (QED) is 0.873. The lowest BCUT2D eigenvalue weighted by Gasteiger charge is -2.23. The van der Waals surface area contributed by atoms with E-state index in [1.54, 1.807) is 0 Å². The van der Waals surface area contributed by atoms with Gasteiger partial charge in [0.25, 0.3) is 0 Å². The maximum Gasteiger partial charge on any atom is 0.317 e. The van der Waals surface area contributed by atoms with Crippen molar-refractivity contribution in [1.82, 2.24) is 10.2 Å². The van der Waals surface area contributed by atoms with Crippen molar-refractivity contribution in [2.45, 2.75) is 38.6 Å². The largest absolute Gasteiger partial charge is 0.331 e. The van der Waals surface area contributed by atoms with Gasteiger partial charge in [-0.2, -0.15) is 0 Å². The van der Waals surface area contributed by atoms with Crippen LogP contribution in [0.1, 0.15) is 44.2 Å². The molecule has 2 rings (SSSR count). The van der Waals surface area contributed by atoms with Gasteiger partial charge in [-0.05, 0) is 37.5 Å². The molecule has 3 nitrogen and oxygen atoms in total. The van der Waals surface area contributed by atoms with Crippen LogP contribution in [-0.4, -0.2) is 24.0 Å². The Bertz CT molecular complexity index is 411. The van der Waals surface area contributed by atoms with Crippen molar-refractivity contribution in [1.29, 1.82) is 0 Å². The summed E-state index contributed by atoms with van der Waals surface area (Å²) in [5.74, 6) is 0. The van der Waals surface area contributed by atoms with E-state index in [9.17, 15) is 4.79 Å². The fraction of sp³-hybridized carbons (Fsp3) is 0.533. The van der Waals surface area contributed by atoms with Crippen LogP contribution in [0.5, 0.6) is 0 Å². The highest BCUT2D eigenvalue weighted by Gasteiger charge is 2.17. The van der Waals surface area contributed by atoms with Crippen LogP contribution >= 0.6 is 11.6 Å². The molecule has 2 amide bonds. The lowest BCUT2D eigenvalue weighted by atomic mass is 10.1. The van der Waals surface area contributed by atoms with Gasteiger partial charge in [-0.15, -0.1) is 0 Å². The molecule has 1 unspecified atom stereocenters. The second-order valence-corrected chi connectivity index (χ2v) is 5.56. The predicted molar refractivity (Wildman–Crippen MR) is 78.4 cm³/mol. The number of hydrogen-bond acceptors (Lipinski definition) is 1. The lowest BCUT2D eigenvalue weighted by Crippen LogP contribution is -2.41. The topological polar surface area (TPSA) is 32.3 Å². The minimum absolute atomic E-state index is 0.00743. The van der Waals surface area contributed by atoms with Crippen LogP contribution in [-0.2, 0) is 0 Å². The zero-order valence-corrected chi connectivity index (χ0v) is 12.1. The third kappa shape index (κ3) is 4.13. The first kappa shape index (κ1) is 14.2. The van der Waals surface area contributed by atoms with Crippen molar-refractivity contribution in [3.63, 3.8) is 0 Å². The van der Waals surface area contributed by atoms with Crippen LogP contribution in [0, 0.1) is 0 Å². The van der Waals surface area contributed by atoms with E-state index in [-0.39, 0.29) is 12.1 Å². The Hall–Kier alpha value is -1.22. The van der Waals surface area contributed by atoms with Gasteiger partial charge in [0.05, 0.1) is 6.04 Å². The molecule has 0 radical (unpaired) electrons. The van der Waals surface area contributed by atoms with Gasteiger partial charge in [0.1, 0.15) is 0 Å². The van der Waals surface area contributed by atoms with Gasteiger partial charge in [-0.3, -0.25) is 0 Å². The van der Waals surface area contributed by atoms with Crippen molar-refractivity contribution < 1.29 is 4.79 Å². The summed E-state index contributed by atoms with van der Waals surface area (Å²) in [6.07, 6.45) is 4.69. The molecular formula is C15H21ClN2O. The molecular weight excluding hydrogens is 260 g/mol. The zero-order valence-electron chi connectivity index (χ0n) is 11.4. The third-order valence-electron chi connectivity index (χ3n) is 3.60. The highest BCUT2D eigenvalue weighted by Crippen LogP contribution is 2.17. The molecule has 104 valence electrons. The summed E-state index contributed by atoms with van der Waals surface area (Å²) in [6, 6.07) is 7.67. The van der Waals surface area contributed by atoms with Crippen molar-refractivity contribution in [3.05, 3.63) is 34.9 Å². The Balaban J connectivity index is 1.92. The molecule has 1 heterocycles. The molecule has 1 aromatic rings. The molecule has 0 spiro atoms. The Morgan fingerprint density at radius 3 is 2.32 bits per heavy atom. The van der Waals surface area contributed by atoms with E-state index < -0.39 is 0 Å². The summed E-state index contributed by atoms with van der Waals surface area (Å²) in [6.45, 7) is 3.75. The second-order valence-electron chi connectivity index (χ2n) is 5.12. The van der Waals surface area contributed by atoms with Gasteiger partial charge in [-0.1, -0.05) is 36.6 Å². The standard InChI is InChI=1S/C15H21ClN2O/c1-12(13-6-8-14(16)9-7-13)17-15(19)18-10-4-2-3-5-11-18/h6-9,12H,2-5,10-11H2,1H3,(H,17,19). The number of rotatable bonds is 2. The summed E-state index contributed by atoms with van der Waals surface area (Å²) >= 11 is 5.87. The van der Waals surface area contributed by atoms with E-state index in [2.05, 4.69) is 5.32 Å². The average molecular weight is 281 g/mol. The van der Waals surface area contributed by atoms with Gasteiger partial charge in [0, 0.05) is 18.1 Å².